The summed E-state index contributed by atoms with van der Waals surface area (Å²) < 4.78 is 11.1. The highest BCUT2D eigenvalue weighted by Gasteiger charge is 2.31. The van der Waals surface area contributed by atoms with Crippen LogP contribution in [0.5, 0.6) is 11.5 Å². The monoisotopic (exact) mass is 471 g/mol. The van der Waals surface area contributed by atoms with Gasteiger partial charge in [-0.25, -0.2) is 4.98 Å². The minimum atomic E-state index is -0.0947. The van der Waals surface area contributed by atoms with Gasteiger partial charge in [-0.2, -0.15) is 0 Å². The number of hydrogen-bond donors (Lipinski definition) is 1. The van der Waals surface area contributed by atoms with Crippen molar-refractivity contribution >= 4 is 52.0 Å². The van der Waals surface area contributed by atoms with Crippen molar-refractivity contribution in [2.75, 3.05) is 26.1 Å². The van der Waals surface area contributed by atoms with Crippen molar-refractivity contribution in [3.8, 4) is 11.5 Å². The third-order valence-electron chi connectivity index (χ3n) is 4.80. The normalized spacial score (nSPS) is 14.7. The molecular weight excluding hydrogens is 446 g/mol. The largest absolute Gasteiger partial charge is 0.493 e. The van der Waals surface area contributed by atoms with Crippen molar-refractivity contribution < 1.29 is 19.1 Å². The van der Waals surface area contributed by atoms with Gasteiger partial charge in [0.05, 0.1) is 19.1 Å². The fourth-order valence-corrected chi connectivity index (χ4v) is 4.47. The van der Waals surface area contributed by atoms with Crippen LogP contribution in [0.4, 0.5) is 5.82 Å². The topological polar surface area (TPSA) is 80.8 Å². The number of methoxy groups -OCH3 is 2. The molecule has 168 valence electrons. The molecule has 1 saturated heterocycles. The summed E-state index contributed by atoms with van der Waals surface area (Å²) in [6.45, 7) is 0.538. The Morgan fingerprint density at radius 3 is 2.69 bits per heavy atom. The Kier molecular flexibility index (Phi) is 8.64. The molecular formula is C23H25N3O4S2. The summed E-state index contributed by atoms with van der Waals surface area (Å²) in [5.74, 6) is 1.63. The van der Waals surface area contributed by atoms with Gasteiger partial charge in [-0.1, -0.05) is 42.5 Å². The molecule has 7 nitrogen and oxygen atoms in total. The summed E-state index contributed by atoms with van der Waals surface area (Å²) in [6.07, 6.45) is 6.18. The van der Waals surface area contributed by atoms with Crippen molar-refractivity contribution in [1.29, 1.82) is 0 Å². The van der Waals surface area contributed by atoms with Gasteiger partial charge in [-0.05, 0) is 48.7 Å². The lowest BCUT2D eigenvalue weighted by Gasteiger charge is -2.14. The van der Waals surface area contributed by atoms with Crippen LogP contribution in [0.3, 0.4) is 0 Å². The lowest BCUT2D eigenvalue weighted by molar-refractivity contribution is -0.122. The highest BCUT2D eigenvalue weighted by Crippen LogP contribution is 2.34. The van der Waals surface area contributed by atoms with Gasteiger partial charge in [0.15, 0.2) is 11.5 Å². The quantitative estimate of drug-likeness (QED) is 0.310. The van der Waals surface area contributed by atoms with E-state index in [0.717, 1.165) is 24.8 Å². The molecule has 0 atom stereocenters. The smallest absolute Gasteiger partial charge is 0.266 e. The molecule has 0 spiro atoms. The van der Waals surface area contributed by atoms with E-state index < -0.39 is 0 Å². The van der Waals surface area contributed by atoms with Crippen LogP contribution in [0.2, 0.25) is 0 Å². The fraction of sp³-hybridized carbons (Fsp3) is 0.304. The second kappa shape index (κ2) is 11.6. The number of thioether (sulfide) groups is 1. The number of carbonyl (C=O) groups is 2. The molecule has 0 saturated carbocycles. The number of anilines is 1. The predicted octanol–water partition coefficient (Wildman–Crippen LogP) is 4.50. The number of benzene rings is 1. The molecule has 0 aliphatic carbocycles. The summed E-state index contributed by atoms with van der Waals surface area (Å²) in [7, 11) is 3.15. The number of nitrogens with one attached hydrogen (secondary N) is 1. The third kappa shape index (κ3) is 6.30. The third-order valence-corrected chi connectivity index (χ3v) is 6.17. The van der Waals surface area contributed by atoms with Crippen molar-refractivity contribution in [3.05, 3.63) is 53.1 Å². The van der Waals surface area contributed by atoms with Crippen molar-refractivity contribution in [1.82, 2.24) is 9.88 Å². The zero-order chi connectivity index (χ0) is 22.9. The van der Waals surface area contributed by atoms with Crippen LogP contribution in [0, 0.1) is 0 Å². The van der Waals surface area contributed by atoms with E-state index in [1.165, 1.54) is 11.8 Å². The van der Waals surface area contributed by atoms with E-state index in [1.54, 1.807) is 43.5 Å². The second-order valence-corrected chi connectivity index (χ2v) is 8.70. The summed E-state index contributed by atoms with van der Waals surface area (Å²) in [5, 5.41) is 2.77. The number of pyridine rings is 1. The first-order valence-corrected chi connectivity index (χ1v) is 11.4. The van der Waals surface area contributed by atoms with Crippen molar-refractivity contribution in [3.63, 3.8) is 0 Å². The maximum atomic E-state index is 12.8. The van der Waals surface area contributed by atoms with E-state index in [1.807, 2.05) is 24.3 Å². The molecule has 9 heteroatoms. The van der Waals surface area contributed by atoms with Gasteiger partial charge in [0, 0.05) is 19.2 Å². The lowest BCUT2D eigenvalue weighted by atomic mass is 10.1. The molecule has 2 amide bonds. The zero-order valence-electron chi connectivity index (χ0n) is 18.0. The maximum Gasteiger partial charge on any atom is 0.266 e. The highest BCUT2D eigenvalue weighted by atomic mass is 32.2. The van der Waals surface area contributed by atoms with Gasteiger partial charge < -0.3 is 14.8 Å². The molecule has 2 aromatic rings. The second-order valence-electron chi connectivity index (χ2n) is 7.02. The van der Waals surface area contributed by atoms with Crippen LogP contribution in [0.1, 0.15) is 31.2 Å². The molecule has 0 bridgehead atoms. The number of rotatable bonds is 10. The van der Waals surface area contributed by atoms with Crippen molar-refractivity contribution in [2.24, 2.45) is 0 Å². The SMILES string of the molecule is COc1ccc(/C=C2\SC(=S)N(CCCCCC(=O)Nc3ccccn3)C2=O)cc1OC. The number of nitrogens with zero attached hydrogens (tertiary/aromatic N) is 2. The predicted molar refractivity (Wildman–Crippen MR) is 131 cm³/mol. The molecule has 2 heterocycles. The van der Waals surface area contributed by atoms with Crippen molar-refractivity contribution in [2.45, 2.75) is 25.7 Å². The maximum absolute atomic E-state index is 12.8. The molecule has 1 aliphatic heterocycles. The van der Waals surface area contributed by atoms with E-state index >= 15 is 0 Å². The number of unbranched alkanes of at least 4 members (excludes halogenated alkanes) is 2. The van der Waals surface area contributed by atoms with Gasteiger partial charge in [0.25, 0.3) is 5.91 Å². The first-order chi connectivity index (χ1) is 15.5. The summed E-state index contributed by atoms with van der Waals surface area (Å²) in [4.78, 5) is 31.1. The first-order valence-electron chi connectivity index (χ1n) is 10.2. The number of aromatic nitrogens is 1. The van der Waals surface area contributed by atoms with Gasteiger partial charge in [0.2, 0.25) is 5.91 Å². The molecule has 1 aromatic carbocycles. The average Bonchev–Trinajstić information content (AvgIpc) is 3.06. The first kappa shape index (κ1) is 23.7. The molecule has 0 radical (unpaired) electrons. The van der Waals surface area contributed by atoms with Crippen LogP contribution in [-0.4, -0.2) is 46.8 Å². The fourth-order valence-electron chi connectivity index (χ4n) is 3.16. The van der Waals surface area contributed by atoms with E-state index in [4.69, 9.17) is 21.7 Å². The highest BCUT2D eigenvalue weighted by molar-refractivity contribution is 8.26. The molecule has 1 aromatic heterocycles. The Balaban J connectivity index is 1.47. The number of carbonyl (C=O) groups excluding carboxylic acids is 2. The molecule has 32 heavy (non-hydrogen) atoms. The van der Waals surface area contributed by atoms with E-state index in [2.05, 4.69) is 10.3 Å². The van der Waals surface area contributed by atoms with Crippen LogP contribution >= 0.6 is 24.0 Å². The van der Waals surface area contributed by atoms with E-state index in [0.29, 0.717) is 39.5 Å². The minimum absolute atomic E-state index is 0.0628. The Hall–Kier alpha value is -2.91. The standard InChI is InChI=1S/C23H25N3O4S2/c1-29-17-11-10-16(14-18(17)30-2)15-19-22(28)26(23(31)32-19)13-7-3-4-9-21(27)25-20-8-5-6-12-24-20/h5-6,8,10-12,14-15H,3-4,7,9,13H2,1-2H3,(H,24,25,27)/b19-15-. The number of hydrogen-bond acceptors (Lipinski definition) is 7. The van der Waals surface area contributed by atoms with E-state index in [-0.39, 0.29) is 11.8 Å². The zero-order valence-corrected chi connectivity index (χ0v) is 19.6. The molecule has 3 rings (SSSR count). The Morgan fingerprint density at radius 2 is 1.97 bits per heavy atom. The van der Waals surface area contributed by atoms with Gasteiger partial charge in [-0.3, -0.25) is 14.5 Å². The van der Waals surface area contributed by atoms with Crippen LogP contribution in [0.15, 0.2) is 47.5 Å². The average molecular weight is 472 g/mol. The Morgan fingerprint density at radius 1 is 1.16 bits per heavy atom. The van der Waals surface area contributed by atoms with Gasteiger partial charge in [0.1, 0.15) is 10.1 Å². The molecule has 1 N–H and O–H groups in total. The van der Waals surface area contributed by atoms with Gasteiger partial charge >= 0.3 is 0 Å². The molecule has 1 fully saturated rings. The summed E-state index contributed by atoms with van der Waals surface area (Å²) in [6, 6.07) is 10.9. The van der Waals surface area contributed by atoms with Gasteiger partial charge in [-0.15, -0.1) is 0 Å². The Labute approximate surface area is 197 Å². The molecule has 0 unspecified atom stereocenters. The number of ether oxygens (including phenoxy) is 2. The van der Waals surface area contributed by atoms with Crippen LogP contribution in [-0.2, 0) is 9.59 Å². The number of amides is 2. The lowest BCUT2D eigenvalue weighted by Crippen LogP contribution is -2.29. The minimum Gasteiger partial charge on any atom is -0.493 e. The van der Waals surface area contributed by atoms with Crippen LogP contribution < -0.4 is 14.8 Å². The summed E-state index contributed by atoms with van der Waals surface area (Å²) >= 11 is 6.70. The molecule has 1 aliphatic rings. The van der Waals surface area contributed by atoms with Crippen LogP contribution in [0.25, 0.3) is 6.08 Å². The number of thiocarbonyl (C=S) groups is 1. The van der Waals surface area contributed by atoms with E-state index in [9.17, 15) is 9.59 Å². The summed E-state index contributed by atoms with van der Waals surface area (Å²) in [5.41, 5.74) is 0.835. The Bertz CT molecular complexity index is 1010.